The number of rotatable bonds is 7. The van der Waals surface area contributed by atoms with E-state index in [9.17, 15) is 9.59 Å². The van der Waals surface area contributed by atoms with Crippen LogP contribution in [0.1, 0.15) is 50.9 Å². The van der Waals surface area contributed by atoms with Crippen LogP contribution in [-0.2, 0) is 42.7 Å². The van der Waals surface area contributed by atoms with Crippen molar-refractivity contribution in [3.05, 3.63) is 40.3 Å². The number of carbonyl (C=O) groups excluding carboxylic acids is 2. The van der Waals surface area contributed by atoms with Gasteiger partial charge in [0.25, 0.3) is 5.15 Å². The molecule has 0 unspecified atom stereocenters. The van der Waals surface area contributed by atoms with Crippen molar-refractivity contribution in [1.82, 2.24) is 15.2 Å². The zero-order valence-corrected chi connectivity index (χ0v) is 20.1. The van der Waals surface area contributed by atoms with Crippen molar-refractivity contribution in [2.75, 3.05) is 0 Å². The van der Waals surface area contributed by atoms with Gasteiger partial charge in [-0.05, 0) is 52.1 Å². The summed E-state index contributed by atoms with van der Waals surface area (Å²) in [7, 11) is 1.88. The monoisotopic (exact) mass is 463 g/mol. The first kappa shape index (κ1) is 23.9. The maximum absolute atomic E-state index is 12.2. The minimum atomic E-state index is -0.487. The lowest BCUT2D eigenvalue weighted by molar-refractivity contribution is -0.669. The molecule has 9 heteroatoms. The van der Waals surface area contributed by atoms with Crippen LogP contribution < -0.4 is 15.2 Å². The van der Waals surface area contributed by atoms with Gasteiger partial charge in [0.05, 0.1) is 5.69 Å². The van der Waals surface area contributed by atoms with E-state index in [1.807, 2.05) is 57.6 Å². The number of carbonyl (C=O) groups is 2. The molecule has 0 saturated carbocycles. The van der Waals surface area contributed by atoms with Crippen LogP contribution in [0.4, 0.5) is 9.59 Å². The smallest absolute Gasteiger partial charge is 0.407 e. The molecule has 3 rings (SSSR count). The van der Waals surface area contributed by atoms with Crippen molar-refractivity contribution < 1.29 is 23.6 Å². The van der Waals surface area contributed by atoms with Crippen molar-refractivity contribution in [1.29, 1.82) is 0 Å². The van der Waals surface area contributed by atoms with Gasteiger partial charge in [-0.1, -0.05) is 0 Å². The lowest BCUT2D eigenvalue weighted by atomic mass is 10.0. The highest BCUT2D eigenvalue weighted by molar-refractivity contribution is 6.28. The SMILES string of the molecule is CC(C)NC(=O)OCc1c(COC(=O)NC(C)C)c(-c2cc[n+](C)c(Cl)c2)n2c1CCC2. The maximum Gasteiger partial charge on any atom is 0.407 e. The highest BCUT2D eigenvalue weighted by Gasteiger charge is 2.29. The van der Waals surface area contributed by atoms with Crippen LogP contribution in [0.5, 0.6) is 0 Å². The van der Waals surface area contributed by atoms with Crippen LogP contribution >= 0.6 is 11.6 Å². The molecule has 0 bridgehead atoms. The Labute approximate surface area is 193 Å². The number of pyridine rings is 1. The second-order valence-corrected chi connectivity index (χ2v) is 8.99. The van der Waals surface area contributed by atoms with Crippen molar-refractivity contribution in [2.45, 2.75) is 72.4 Å². The van der Waals surface area contributed by atoms with Crippen LogP contribution in [0, 0.1) is 0 Å². The average molecular weight is 464 g/mol. The van der Waals surface area contributed by atoms with Gasteiger partial charge in [-0.15, -0.1) is 0 Å². The third-order valence-electron chi connectivity index (χ3n) is 5.26. The fourth-order valence-electron chi connectivity index (χ4n) is 3.89. The second-order valence-electron chi connectivity index (χ2n) is 8.61. The first-order valence-electron chi connectivity index (χ1n) is 10.9. The van der Waals surface area contributed by atoms with Gasteiger partial charge in [-0.3, -0.25) is 0 Å². The molecular formula is C23H32ClN4O4+. The lowest BCUT2D eigenvalue weighted by Gasteiger charge is -2.14. The standard InChI is InChI=1S/C23H31ClN4O4/c1-14(2)25-22(29)31-12-17-18(13-32-23(30)26-15(3)4)21(28-9-6-7-19(17)28)16-8-10-27(5)20(24)11-16/h8,10-11,14-15H,6-7,9,12-13H2,1-5H3,(H-,25,26,29,30)/p+1. The molecule has 0 saturated heterocycles. The number of amides is 2. The third kappa shape index (κ3) is 5.54. The summed E-state index contributed by atoms with van der Waals surface area (Å²) < 4.78 is 15.1. The average Bonchev–Trinajstić information content (AvgIpc) is 3.26. The summed E-state index contributed by atoms with van der Waals surface area (Å²) in [4.78, 5) is 24.3. The Kier molecular flexibility index (Phi) is 7.66. The molecule has 0 spiro atoms. The van der Waals surface area contributed by atoms with Crippen LogP contribution in [0.3, 0.4) is 0 Å². The molecule has 2 N–H and O–H groups in total. The van der Waals surface area contributed by atoms with Crippen LogP contribution in [0.2, 0.25) is 5.15 Å². The van der Waals surface area contributed by atoms with Gasteiger partial charge in [-0.2, -0.15) is 4.57 Å². The number of aromatic nitrogens is 2. The predicted octanol–water partition coefficient (Wildman–Crippen LogP) is 3.85. The summed E-state index contributed by atoms with van der Waals surface area (Å²) in [5.74, 6) is 0. The van der Waals surface area contributed by atoms with Gasteiger partial charge >= 0.3 is 12.2 Å². The lowest BCUT2D eigenvalue weighted by Crippen LogP contribution is -2.31. The molecule has 174 valence electrons. The quantitative estimate of drug-likeness (QED) is 0.482. The van der Waals surface area contributed by atoms with Gasteiger partial charge in [0.15, 0.2) is 6.20 Å². The minimum absolute atomic E-state index is 0.0208. The molecule has 8 nitrogen and oxygen atoms in total. The predicted molar refractivity (Wildman–Crippen MR) is 121 cm³/mol. The van der Waals surface area contributed by atoms with Crippen LogP contribution in [0.15, 0.2) is 18.3 Å². The fourth-order valence-corrected chi connectivity index (χ4v) is 4.06. The molecule has 2 aromatic rings. The Morgan fingerprint density at radius 1 is 1.09 bits per heavy atom. The molecule has 0 atom stereocenters. The molecule has 2 aromatic heterocycles. The largest absolute Gasteiger partial charge is 0.445 e. The molecule has 2 amide bonds. The van der Waals surface area contributed by atoms with E-state index in [1.165, 1.54) is 0 Å². The summed E-state index contributed by atoms with van der Waals surface area (Å²) in [6, 6.07) is 3.83. The van der Waals surface area contributed by atoms with Crippen molar-refractivity contribution >= 4 is 23.8 Å². The van der Waals surface area contributed by atoms with Gasteiger partial charge in [-0.25, -0.2) is 9.59 Å². The Bertz CT molecular complexity index is 1000. The number of nitrogens with zero attached hydrogens (tertiary/aromatic N) is 2. The number of aryl methyl sites for hydroxylation is 1. The summed E-state index contributed by atoms with van der Waals surface area (Å²) in [6.45, 7) is 8.51. The zero-order chi connectivity index (χ0) is 23.4. The van der Waals surface area contributed by atoms with E-state index in [0.717, 1.165) is 47.5 Å². The number of hydrogen-bond acceptors (Lipinski definition) is 4. The molecule has 0 aromatic carbocycles. The second kappa shape index (κ2) is 10.3. The van der Waals surface area contributed by atoms with Gasteiger partial charge in [0.1, 0.15) is 20.3 Å². The van der Waals surface area contributed by atoms with E-state index < -0.39 is 12.2 Å². The van der Waals surface area contributed by atoms with Gasteiger partial charge in [0.2, 0.25) is 0 Å². The number of nitrogens with one attached hydrogen (secondary N) is 2. The minimum Gasteiger partial charge on any atom is -0.445 e. The molecule has 1 aliphatic rings. The maximum atomic E-state index is 12.2. The van der Waals surface area contributed by atoms with E-state index in [0.29, 0.717) is 5.15 Å². The Morgan fingerprint density at radius 2 is 1.69 bits per heavy atom. The Hall–Kier alpha value is -2.74. The molecule has 3 heterocycles. The van der Waals surface area contributed by atoms with E-state index in [2.05, 4.69) is 15.2 Å². The summed E-state index contributed by atoms with van der Waals surface area (Å²) in [5.41, 5.74) is 4.70. The fraction of sp³-hybridized carbons (Fsp3) is 0.522. The van der Waals surface area contributed by atoms with Crippen molar-refractivity contribution in [3.63, 3.8) is 0 Å². The number of halogens is 1. The normalized spacial score (nSPS) is 12.8. The molecule has 0 radical (unpaired) electrons. The first-order chi connectivity index (χ1) is 15.2. The van der Waals surface area contributed by atoms with Gasteiger partial charge in [0, 0.05) is 53.1 Å². The van der Waals surface area contributed by atoms with E-state index in [-0.39, 0.29) is 25.3 Å². The molecular weight excluding hydrogens is 432 g/mol. The third-order valence-corrected chi connectivity index (χ3v) is 5.64. The van der Waals surface area contributed by atoms with E-state index in [4.69, 9.17) is 21.1 Å². The molecule has 0 fully saturated rings. The number of alkyl carbamates (subject to hydrolysis) is 2. The Balaban J connectivity index is 1.99. The molecule has 32 heavy (non-hydrogen) atoms. The van der Waals surface area contributed by atoms with Crippen molar-refractivity contribution in [3.8, 4) is 11.3 Å². The zero-order valence-electron chi connectivity index (χ0n) is 19.3. The van der Waals surface area contributed by atoms with Crippen LogP contribution in [0.25, 0.3) is 11.3 Å². The summed E-state index contributed by atoms with van der Waals surface area (Å²) in [6.07, 6.45) is 2.80. The topological polar surface area (TPSA) is 85.5 Å². The Morgan fingerprint density at radius 3 is 2.25 bits per heavy atom. The molecule has 1 aliphatic heterocycles. The van der Waals surface area contributed by atoms with E-state index in [1.54, 1.807) is 0 Å². The molecule has 0 aliphatic carbocycles. The van der Waals surface area contributed by atoms with E-state index >= 15 is 0 Å². The van der Waals surface area contributed by atoms with Crippen molar-refractivity contribution in [2.24, 2.45) is 7.05 Å². The number of fused-ring (bicyclic) bond motifs is 1. The highest BCUT2D eigenvalue weighted by Crippen LogP contribution is 2.37. The highest BCUT2D eigenvalue weighted by atomic mass is 35.5. The summed E-state index contributed by atoms with van der Waals surface area (Å²) >= 11 is 6.39. The summed E-state index contributed by atoms with van der Waals surface area (Å²) in [5, 5.41) is 6.07. The number of ether oxygens (including phenoxy) is 2. The van der Waals surface area contributed by atoms with Gasteiger partial charge < -0.3 is 24.7 Å². The first-order valence-corrected chi connectivity index (χ1v) is 11.3. The number of hydrogen-bond donors (Lipinski definition) is 2. The van der Waals surface area contributed by atoms with Crippen LogP contribution in [-0.4, -0.2) is 28.8 Å².